The van der Waals surface area contributed by atoms with Gasteiger partial charge in [-0.3, -0.25) is 0 Å². The van der Waals surface area contributed by atoms with Crippen molar-refractivity contribution >= 4 is 68.7 Å². The van der Waals surface area contributed by atoms with E-state index in [-0.39, 0.29) is 0 Å². The molecule has 0 radical (unpaired) electrons. The first kappa shape index (κ1) is 32.2. The molecule has 2 nitrogen and oxygen atoms in total. The Balaban J connectivity index is 1.20. The maximum absolute atomic E-state index is 4.36. The average Bonchev–Trinajstić information content (AvgIpc) is 3.16. The van der Waals surface area contributed by atoms with Crippen LogP contribution in [0.25, 0.3) is 46.0 Å². The van der Waals surface area contributed by atoms with Crippen molar-refractivity contribution in [3.8, 4) is 0 Å². The molecule has 0 aliphatic carbocycles. The van der Waals surface area contributed by atoms with Crippen LogP contribution >= 0.6 is 0 Å². The van der Waals surface area contributed by atoms with E-state index in [1.165, 1.54) is 21.5 Å². The Morgan fingerprint density at radius 2 is 1.10 bits per heavy atom. The summed E-state index contributed by atoms with van der Waals surface area (Å²) in [6.45, 7) is 12.7. The maximum Gasteiger partial charge on any atom is 0.0546 e. The fraction of sp³-hybridized carbons (Fsp3) is 0.0417. The first-order chi connectivity index (χ1) is 24.5. The molecule has 50 heavy (non-hydrogen) atoms. The number of fused-ring (bicyclic) bond motifs is 3. The monoisotopic (exact) mass is 644 g/mol. The lowest BCUT2D eigenvalue weighted by Gasteiger charge is -2.27. The van der Waals surface area contributed by atoms with Gasteiger partial charge in [0.15, 0.2) is 0 Å². The van der Waals surface area contributed by atoms with Crippen LogP contribution < -0.4 is 20.2 Å². The van der Waals surface area contributed by atoms with Gasteiger partial charge in [0.2, 0.25) is 0 Å². The lowest BCUT2D eigenvalue weighted by atomic mass is 9.99. The van der Waals surface area contributed by atoms with Gasteiger partial charge in [0.05, 0.1) is 5.69 Å². The van der Waals surface area contributed by atoms with Crippen molar-refractivity contribution in [3.63, 3.8) is 0 Å². The van der Waals surface area contributed by atoms with Gasteiger partial charge in [-0.25, -0.2) is 0 Å². The Labute approximate surface area is 295 Å². The lowest BCUT2D eigenvalue weighted by molar-refractivity contribution is 1.19. The van der Waals surface area contributed by atoms with E-state index in [4.69, 9.17) is 0 Å². The highest BCUT2D eigenvalue weighted by atomic mass is 15.2. The van der Waals surface area contributed by atoms with Crippen LogP contribution in [0.15, 0.2) is 182 Å². The van der Waals surface area contributed by atoms with Crippen LogP contribution in [0.3, 0.4) is 0 Å². The summed E-state index contributed by atoms with van der Waals surface area (Å²) in [6.07, 6.45) is 8.39. The number of hydrogen-bond donors (Lipinski definition) is 0. The van der Waals surface area contributed by atoms with Gasteiger partial charge in [-0.2, -0.15) is 0 Å². The number of rotatable bonds is 9. The molecule has 0 N–H and O–H groups in total. The van der Waals surface area contributed by atoms with Crippen LogP contribution in [-0.4, -0.2) is 0 Å². The highest BCUT2D eigenvalue weighted by Gasteiger charge is 2.17. The fourth-order valence-corrected chi connectivity index (χ4v) is 6.72. The third-order valence-corrected chi connectivity index (χ3v) is 9.16. The second kappa shape index (κ2) is 14.4. The Hall–Kier alpha value is -6.38. The molecular formula is C48H40N2. The van der Waals surface area contributed by atoms with E-state index >= 15 is 0 Å². The quantitative estimate of drug-likeness (QED) is 0.0876. The van der Waals surface area contributed by atoms with Crippen LogP contribution in [0.5, 0.6) is 0 Å². The van der Waals surface area contributed by atoms with E-state index in [2.05, 4.69) is 188 Å². The molecule has 0 amide bonds. The van der Waals surface area contributed by atoms with Crippen LogP contribution in [0.1, 0.15) is 25.0 Å². The van der Waals surface area contributed by atoms with Gasteiger partial charge in [0.25, 0.3) is 0 Å². The predicted molar refractivity (Wildman–Crippen MR) is 218 cm³/mol. The maximum atomic E-state index is 4.36. The average molecular weight is 645 g/mol. The second-order valence-electron chi connectivity index (χ2n) is 12.4. The summed E-state index contributed by atoms with van der Waals surface area (Å²) in [5.41, 5.74) is 8.68. The molecule has 0 heterocycles. The van der Waals surface area contributed by atoms with E-state index in [0.717, 1.165) is 55.7 Å². The summed E-state index contributed by atoms with van der Waals surface area (Å²) < 4.78 is 0. The third kappa shape index (κ3) is 6.52. The molecule has 0 saturated carbocycles. The smallest absolute Gasteiger partial charge is 0.0546 e. The summed E-state index contributed by atoms with van der Waals surface area (Å²) in [7, 11) is 0. The van der Waals surface area contributed by atoms with Crippen molar-refractivity contribution < 1.29 is 0 Å². The molecule has 0 bridgehead atoms. The summed E-state index contributed by atoms with van der Waals surface area (Å²) in [6, 6.07) is 55.9. The van der Waals surface area contributed by atoms with Crippen LogP contribution in [0.2, 0.25) is 0 Å². The van der Waals surface area contributed by atoms with E-state index in [0.29, 0.717) is 0 Å². The van der Waals surface area contributed by atoms with Crippen molar-refractivity contribution in [3.05, 3.63) is 204 Å². The van der Waals surface area contributed by atoms with Gasteiger partial charge in [-0.1, -0.05) is 147 Å². The Morgan fingerprint density at radius 3 is 1.76 bits per heavy atom. The zero-order chi connectivity index (χ0) is 34.5. The van der Waals surface area contributed by atoms with Gasteiger partial charge in [-0.15, -0.1) is 0 Å². The van der Waals surface area contributed by atoms with Gasteiger partial charge < -0.3 is 9.80 Å². The van der Waals surface area contributed by atoms with Crippen LogP contribution in [0.4, 0.5) is 22.7 Å². The number of allylic oxidation sites excluding steroid dienone is 2. The third-order valence-electron chi connectivity index (χ3n) is 9.16. The van der Waals surface area contributed by atoms with Crippen molar-refractivity contribution in [1.82, 2.24) is 0 Å². The zero-order valence-electron chi connectivity index (χ0n) is 28.6. The Morgan fingerprint density at radius 1 is 0.560 bits per heavy atom. The molecule has 0 atom stereocenters. The lowest BCUT2D eigenvalue weighted by Crippen LogP contribution is -2.32. The fourth-order valence-electron chi connectivity index (χ4n) is 6.72. The van der Waals surface area contributed by atoms with E-state index in [1.807, 2.05) is 31.2 Å². The molecule has 7 aromatic carbocycles. The van der Waals surface area contributed by atoms with E-state index in [9.17, 15) is 0 Å². The Kier molecular flexibility index (Phi) is 9.26. The van der Waals surface area contributed by atoms with Crippen LogP contribution in [-0.2, 0) is 0 Å². The molecule has 0 aromatic heterocycles. The van der Waals surface area contributed by atoms with E-state index < -0.39 is 0 Å². The number of anilines is 4. The predicted octanol–water partition coefficient (Wildman–Crippen LogP) is 11.8. The number of nitrogens with zero attached hydrogens (tertiary/aromatic N) is 2. The summed E-state index contributed by atoms with van der Waals surface area (Å²) in [4.78, 5) is 4.55. The first-order valence-electron chi connectivity index (χ1n) is 17.0. The summed E-state index contributed by atoms with van der Waals surface area (Å²) in [5.74, 6) is 0. The van der Waals surface area contributed by atoms with Gasteiger partial charge in [-0.05, 0) is 94.9 Å². The molecule has 7 aromatic rings. The van der Waals surface area contributed by atoms with Gasteiger partial charge in [0, 0.05) is 39.1 Å². The Bertz CT molecular complexity index is 2470. The highest BCUT2D eigenvalue weighted by Crippen LogP contribution is 2.41. The topological polar surface area (TPSA) is 6.48 Å². The normalized spacial score (nSPS) is 12.1. The van der Waals surface area contributed by atoms with Crippen molar-refractivity contribution in [2.45, 2.75) is 13.8 Å². The zero-order valence-corrected chi connectivity index (χ0v) is 28.6. The molecule has 2 heteroatoms. The number of para-hydroxylation sites is 1. The molecule has 0 saturated heterocycles. The minimum Gasteiger partial charge on any atom is -0.315 e. The molecule has 0 fully saturated rings. The number of hydrogen-bond acceptors (Lipinski definition) is 2. The summed E-state index contributed by atoms with van der Waals surface area (Å²) >= 11 is 0. The highest BCUT2D eigenvalue weighted by molar-refractivity contribution is 6.14. The minimum atomic E-state index is 0.901. The standard InChI is InChI=1S/C48H40N2/c1-5-15-36(3)49(37(4)44-20-11-9-16-35(44)2)42-30-26-38(27-31-42)24-25-39-28-32-43(33-29-39)50(41-18-7-6-8-19-41)48-34-40-17-10-12-21-45(40)46-22-13-14-23-47(46)48/h5-34H,2-3H2,1,4H3/b15-5-,25-24-,44-37+. The molecular weight excluding hydrogens is 605 g/mol. The van der Waals surface area contributed by atoms with Gasteiger partial charge >= 0.3 is 0 Å². The number of benzene rings is 7. The SMILES string of the molecule is C=C(/C=C\C)N(/C(C)=c1\ccccc1=C)c1ccc(/C=C\c2ccc(N(c3ccccc3)c3cc4ccccc4c4ccccc34)cc2)cc1. The molecule has 0 aliphatic rings. The molecule has 0 aliphatic heterocycles. The van der Waals surface area contributed by atoms with E-state index in [1.54, 1.807) is 0 Å². The van der Waals surface area contributed by atoms with Gasteiger partial charge in [0.1, 0.15) is 0 Å². The summed E-state index contributed by atoms with van der Waals surface area (Å²) in [5, 5.41) is 7.06. The minimum absolute atomic E-state index is 0.901. The van der Waals surface area contributed by atoms with Crippen molar-refractivity contribution in [1.29, 1.82) is 0 Å². The first-order valence-corrected chi connectivity index (χ1v) is 17.0. The molecule has 0 unspecified atom stereocenters. The molecule has 0 spiro atoms. The molecule has 7 rings (SSSR count). The molecule has 242 valence electrons. The largest absolute Gasteiger partial charge is 0.315 e. The van der Waals surface area contributed by atoms with Crippen molar-refractivity contribution in [2.24, 2.45) is 0 Å². The van der Waals surface area contributed by atoms with Crippen molar-refractivity contribution in [2.75, 3.05) is 9.80 Å². The second-order valence-corrected chi connectivity index (χ2v) is 12.4. The van der Waals surface area contributed by atoms with Crippen LogP contribution in [0, 0.1) is 0 Å².